The van der Waals surface area contributed by atoms with Crippen LogP contribution in [-0.2, 0) is 0 Å². The van der Waals surface area contributed by atoms with Gasteiger partial charge in [-0.3, -0.25) is 4.72 Å². The first-order valence-electron chi connectivity index (χ1n) is 1.99. The van der Waals surface area contributed by atoms with E-state index in [1.165, 1.54) is 0 Å². The van der Waals surface area contributed by atoms with Gasteiger partial charge in [-0.15, -0.1) is 0 Å². The number of hydrogen-bond acceptors (Lipinski definition) is 3. The molecule has 0 saturated heterocycles. The molecule has 0 aliphatic carbocycles. The van der Waals surface area contributed by atoms with Crippen LogP contribution >= 0.6 is 12.8 Å². The van der Waals surface area contributed by atoms with Gasteiger partial charge in [0.05, 0.1) is 0 Å². The van der Waals surface area contributed by atoms with E-state index in [-0.39, 0.29) is 0 Å². The van der Waals surface area contributed by atoms with Crippen LogP contribution in [0.1, 0.15) is 6.42 Å². The summed E-state index contributed by atoms with van der Waals surface area (Å²) in [7, 11) is 0. The van der Waals surface area contributed by atoms with Gasteiger partial charge in [-0.25, -0.2) is 0 Å². The number of rotatable bonds is 3. The Hall–Kier alpha value is 0.270. The Balaban J connectivity index is 2.34. The molecule has 0 atom stereocenters. The molecule has 0 aromatic heterocycles. The molecule has 3 heteroatoms. The summed E-state index contributed by atoms with van der Waals surface area (Å²) in [6, 6.07) is 0. The molecule has 3 N–H and O–H groups in total. The summed E-state index contributed by atoms with van der Waals surface area (Å²) in [5.74, 6) is 0. The lowest BCUT2D eigenvalue weighted by Crippen LogP contribution is -2.08. The van der Waals surface area contributed by atoms with Crippen molar-refractivity contribution in [3.63, 3.8) is 0 Å². The van der Waals surface area contributed by atoms with Crippen LogP contribution in [0.3, 0.4) is 0 Å². The lowest BCUT2D eigenvalue weighted by atomic mass is 10.4. The van der Waals surface area contributed by atoms with Crippen molar-refractivity contribution in [2.24, 2.45) is 5.73 Å². The summed E-state index contributed by atoms with van der Waals surface area (Å²) in [6.07, 6.45) is 1.00. The second-order valence-corrected chi connectivity index (χ2v) is 1.37. The normalized spacial score (nSPS) is 9.00. The van der Waals surface area contributed by atoms with Crippen molar-refractivity contribution < 1.29 is 0 Å². The van der Waals surface area contributed by atoms with E-state index in [9.17, 15) is 0 Å². The molecular formula is C3H10N2S. The van der Waals surface area contributed by atoms with Crippen molar-refractivity contribution in [3.8, 4) is 0 Å². The van der Waals surface area contributed by atoms with Crippen LogP contribution in [0.2, 0.25) is 0 Å². The SMILES string of the molecule is NCCCNS. The Kier molecular flexibility index (Phi) is 5.51. The predicted molar refractivity (Wildman–Crippen MR) is 30.7 cm³/mol. The van der Waals surface area contributed by atoms with E-state index in [4.69, 9.17) is 5.73 Å². The van der Waals surface area contributed by atoms with Gasteiger partial charge >= 0.3 is 0 Å². The molecule has 0 bridgehead atoms. The zero-order valence-corrected chi connectivity index (χ0v) is 4.54. The molecule has 0 aromatic rings. The Labute approximate surface area is 43.6 Å². The highest BCUT2D eigenvalue weighted by molar-refractivity contribution is 7.78. The van der Waals surface area contributed by atoms with E-state index in [0.29, 0.717) is 0 Å². The molecule has 2 nitrogen and oxygen atoms in total. The second-order valence-electron chi connectivity index (χ2n) is 1.05. The fourth-order valence-corrected chi connectivity index (χ4v) is 0.339. The van der Waals surface area contributed by atoms with E-state index in [1.807, 2.05) is 0 Å². The third kappa shape index (κ3) is 4.27. The maximum absolute atomic E-state index is 5.14. The van der Waals surface area contributed by atoms with Crippen molar-refractivity contribution in [3.05, 3.63) is 0 Å². The van der Waals surface area contributed by atoms with Crippen LogP contribution < -0.4 is 10.5 Å². The van der Waals surface area contributed by atoms with E-state index < -0.39 is 0 Å². The van der Waals surface area contributed by atoms with Crippen LogP contribution in [-0.4, -0.2) is 13.1 Å². The molecule has 0 heterocycles. The third-order valence-corrected chi connectivity index (χ3v) is 0.716. The predicted octanol–water partition coefficient (Wildman–Crippen LogP) is -0.230. The van der Waals surface area contributed by atoms with E-state index in [0.717, 1.165) is 19.5 Å². The second kappa shape index (κ2) is 5.27. The molecule has 0 fully saturated rings. The highest BCUT2D eigenvalue weighted by Crippen LogP contribution is 1.67. The van der Waals surface area contributed by atoms with Crippen molar-refractivity contribution in [1.82, 2.24) is 4.72 Å². The summed E-state index contributed by atoms with van der Waals surface area (Å²) in [4.78, 5) is 0. The van der Waals surface area contributed by atoms with Crippen molar-refractivity contribution in [2.75, 3.05) is 13.1 Å². The molecule has 6 heavy (non-hydrogen) atoms. The van der Waals surface area contributed by atoms with Crippen LogP contribution in [0.5, 0.6) is 0 Å². The Morgan fingerprint density at radius 1 is 1.67 bits per heavy atom. The molecule has 0 aliphatic heterocycles. The summed E-state index contributed by atoms with van der Waals surface area (Å²) < 4.78 is 2.68. The Morgan fingerprint density at radius 3 is 2.50 bits per heavy atom. The molecule has 0 rings (SSSR count). The topological polar surface area (TPSA) is 38.0 Å². The largest absolute Gasteiger partial charge is 0.330 e. The first-order chi connectivity index (χ1) is 2.91. The van der Waals surface area contributed by atoms with Crippen LogP contribution in [0, 0.1) is 0 Å². The minimum atomic E-state index is 0.744. The maximum Gasteiger partial charge on any atom is 0.00681 e. The summed E-state index contributed by atoms with van der Waals surface area (Å²) in [5, 5.41) is 0. The van der Waals surface area contributed by atoms with Gasteiger partial charge in [0.25, 0.3) is 0 Å². The lowest BCUT2D eigenvalue weighted by Gasteiger charge is -1.89. The molecule has 38 valence electrons. The third-order valence-electron chi connectivity index (χ3n) is 0.493. The first-order valence-corrected chi connectivity index (χ1v) is 2.43. The van der Waals surface area contributed by atoms with Crippen molar-refractivity contribution >= 4 is 12.8 Å². The average molecular weight is 106 g/mol. The van der Waals surface area contributed by atoms with E-state index >= 15 is 0 Å². The summed E-state index contributed by atoms with van der Waals surface area (Å²) in [6.45, 7) is 1.65. The Morgan fingerprint density at radius 2 is 2.33 bits per heavy atom. The fourth-order valence-electron chi connectivity index (χ4n) is 0.181. The number of thiol groups is 1. The van der Waals surface area contributed by atoms with Gasteiger partial charge < -0.3 is 5.73 Å². The number of nitrogens with two attached hydrogens (primary N) is 1. The van der Waals surface area contributed by atoms with Gasteiger partial charge in [0.1, 0.15) is 0 Å². The molecule has 0 spiro atoms. The highest BCUT2D eigenvalue weighted by atomic mass is 32.1. The molecule has 0 radical (unpaired) electrons. The minimum Gasteiger partial charge on any atom is -0.330 e. The molecule has 0 saturated carbocycles. The standard InChI is InChI=1S/C3H10N2S/c4-2-1-3-5-6/h5-6H,1-4H2. The molecular weight excluding hydrogens is 96.1 g/mol. The van der Waals surface area contributed by atoms with Gasteiger partial charge in [0, 0.05) is 6.54 Å². The Bertz CT molecular complexity index is 20.8. The monoisotopic (exact) mass is 106 g/mol. The minimum absolute atomic E-state index is 0.744. The fraction of sp³-hybridized carbons (Fsp3) is 1.00. The van der Waals surface area contributed by atoms with Gasteiger partial charge in [-0.05, 0) is 13.0 Å². The lowest BCUT2D eigenvalue weighted by molar-refractivity contribution is 0.812. The smallest absolute Gasteiger partial charge is 0.00681 e. The van der Waals surface area contributed by atoms with Gasteiger partial charge in [-0.2, -0.15) is 0 Å². The zero-order valence-electron chi connectivity index (χ0n) is 3.65. The molecule has 0 amide bonds. The van der Waals surface area contributed by atoms with E-state index in [1.54, 1.807) is 0 Å². The first kappa shape index (κ1) is 6.27. The highest BCUT2D eigenvalue weighted by Gasteiger charge is 1.74. The van der Waals surface area contributed by atoms with Gasteiger partial charge in [0.2, 0.25) is 0 Å². The van der Waals surface area contributed by atoms with Crippen molar-refractivity contribution in [1.29, 1.82) is 0 Å². The van der Waals surface area contributed by atoms with Gasteiger partial charge in [0.15, 0.2) is 0 Å². The molecule has 0 aromatic carbocycles. The van der Waals surface area contributed by atoms with Crippen LogP contribution in [0.25, 0.3) is 0 Å². The zero-order chi connectivity index (χ0) is 4.83. The molecule has 0 unspecified atom stereocenters. The quantitative estimate of drug-likeness (QED) is 0.343. The summed E-state index contributed by atoms with van der Waals surface area (Å²) in [5.41, 5.74) is 5.14. The number of nitrogens with one attached hydrogen (secondary N) is 1. The average Bonchev–Trinajstić information content (AvgIpc) is 1.61. The number of hydrogen-bond donors (Lipinski definition) is 3. The van der Waals surface area contributed by atoms with Crippen LogP contribution in [0.15, 0.2) is 0 Å². The summed E-state index contributed by atoms with van der Waals surface area (Å²) >= 11 is 3.75. The van der Waals surface area contributed by atoms with Crippen LogP contribution in [0.4, 0.5) is 0 Å². The molecule has 0 aliphatic rings. The van der Waals surface area contributed by atoms with Gasteiger partial charge in [-0.1, -0.05) is 12.8 Å². The van der Waals surface area contributed by atoms with E-state index in [2.05, 4.69) is 17.5 Å². The van der Waals surface area contributed by atoms with Crippen molar-refractivity contribution in [2.45, 2.75) is 6.42 Å². The maximum atomic E-state index is 5.14.